The monoisotopic (exact) mass is 294 g/mol. The number of hydrogen-bond acceptors (Lipinski definition) is 4. The van der Waals surface area contributed by atoms with Crippen molar-refractivity contribution in [3.8, 4) is 12.1 Å². The Kier molecular flexibility index (Phi) is 3.60. The molecule has 3 rings (SSSR count). The lowest BCUT2D eigenvalue weighted by Crippen LogP contribution is -1.91. The Bertz CT molecular complexity index is 772. The fourth-order valence-corrected chi connectivity index (χ4v) is 4.61. The van der Waals surface area contributed by atoms with Crippen LogP contribution in [0.1, 0.15) is 24.0 Å². The van der Waals surface area contributed by atoms with Gasteiger partial charge in [0.15, 0.2) is 0 Å². The predicted octanol–water partition coefficient (Wildman–Crippen LogP) is 4.95. The van der Waals surface area contributed by atoms with Crippen LogP contribution in [0.5, 0.6) is 0 Å². The predicted molar refractivity (Wildman–Crippen MR) is 82.2 cm³/mol. The highest BCUT2D eigenvalue weighted by atomic mass is 32.2. The average Bonchev–Trinajstić information content (AvgIpc) is 2.87. The molecule has 0 saturated carbocycles. The minimum atomic E-state index is 0.337. The van der Waals surface area contributed by atoms with Crippen molar-refractivity contribution in [3.63, 3.8) is 0 Å². The molecular weight excluding hydrogens is 284 g/mol. The maximum atomic E-state index is 9.15. The molecule has 4 heteroatoms. The van der Waals surface area contributed by atoms with E-state index < -0.39 is 0 Å². The number of fused-ring (bicyclic) bond motifs is 2. The summed E-state index contributed by atoms with van der Waals surface area (Å²) in [5.41, 5.74) is 4.20. The maximum Gasteiger partial charge on any atom is 0.0722 e. The van der Waals surface area contributed by atoms with Crippen LogP contribution in [0.25, 0.3) is 11.1 Å². The lowest BCUT2D eigenvalue weighted by Gasteiger charge is -2.10. The molecule has 2 heterocycles. The molecule has 1 aromatic heterocycles. The summed E-state index contributed by atoms with van der Waals surface area (Å²) in [4.78, 5) is 1.16. The van der Waals surface area contributed by atoms with E-state index in [-0.39, 0.29) is 0 Å². The number of hydrogen-bond donors (Lipinski definition) is 0. The number of rotatable bonds is 2. The highest BCUT2D eigenvalue weighted by Gasteiger charge is 2.22. The van der Waals surface area contributed by atoms with Crippen molar-refractivity contribution >= 4 is 34.2 Å². The van der Waals surface area contributed by atoms with Crippen LogP contribution in [0.4, 0.5) is 0 Å². The van der Waals surface area contributed by atoms with Crippen molar-refractivity contribution < 1.29 is 0 Å². The number of benzene rings is 1. The van der Waals surface area contributed by atoms with Gasteiger partial charge in [0.05, 0.1) is 29.2 Å². The first kappa shape index (κ1) is 13.0. The zero-order valence-electron chi connectivity index (χ0n) is 10.6. The molecular formula is C16H10N2S2. The van der Waals surface area contributed by atoms with Crippen LogP contribution in [0.15, 0.2) is 44.8 Å². The van der Waals surface area contributed by atoms with Gasteiger partial charge in [0.2, 0.25) is 0 Å². The minimum Gasteiger partial charge on any atom is -0.198 e. The SMILES string of the molecule is N#CCC1=C(CC#N)c2ccsc2Sc2ccccc21. The molecule has 0 N–H and O–H groups in total. The van der Waals surface area contributed by atoms with Gasteiger partial charge < -0.3 is 0 Å². The van der Waals surface area contributed by atoms with E-state index in [1.807, 2.05) is 23.6 Å². The second-order valence-corrected chi connectivity index (χ2v) is 6.57. The molecule has 0 fully saturated rings. The zero-order chi connectivity index (χ0) is 13.9. The van der Waals surface area contributed by atoms with Crippen molar-refractivity contribution in [2.24, 2.45) is 0 Å². The summed E-state index contributed by atoms with van der Waals surface area (Å²) >= 11 is 3.42. The molecule has 1 aliphatic rings. The molecule has 1 aromatic carbocycles. The first-order chi connectivity index (χ1) is 9.85. The molecule has 20 heavy (non-hydrogen) atoms. The zero-order valence-corrected chi connectivity index (χ0v) is 12.2. The van der Waals surface area contributed by atoms with Crippen molar-refractivity contribution in [1.29, 1.82) is 10.5 Å². The van der Waals surface area contributed by atoms with Gasteiger partial charge >= 0.3 is 0 Å². The second kappa shape index (κ2) is 5.54. The summed E-state index contributed by atoms with van der Waals surface area (Å²) in [6.07, 6.45) is 0.680. The molecule has 0 amide bonds. The van der Waals surface area contributed by atoms with Gasteiger partial charge in [0.25, 0.3) is 0 Å². The third-order valence-electron chi connectivity index (χ3n) is 3.25. The molecule has 2 nitrogen and oxygen atoms in total. The largest absolute Gasteiger partial charge is 0.198 e. The van der Waals surface area contributed by atoms with Crippen LogP contribution in [0.2, 0.25) is 0 Å². The second-order valence-electron chi connectivity index (χ2n) is 4.35. The van der Waals surface area contributed by atoms with E-state index in [2.05, 4.69) is 24.3 Å². The fourth-order valence-electron chi connectivity index (χ4n) is 2.39. The first-order valence-corrected chi connectivity index (χ1v) is 7.86. The number of allylic oxidation sites excluding steroid dienone is 2. The normalized spacial score (nSPS) is 12.9. The van der Waals surface area contributed by atoms with Gasteiger partial charge in [0, 0.05) is 10.5 Å². The lowest BCUT2D eigenvalue weighted by molar-refractivity contribution is 1.28. The smallest absolute Gasteiger partial charge is 0.0722 e. The van der Waals surface area contributed by atoms with E-state index in [1.54, 1.807) is 23.1 Å². The van der Waals surface area contributed by atoms with Gasteiger partial charge in [-0.1, -0.05) is 30.0 Å². The molecule has 1 aliphatic heterocycles. The highest BCUT2D eigenvalue weighted by molar-refractivity contribution is 8.01. The summed E-state index contributed by atoms with van der Waals surface area (Å²) in [5, 5.41) is 20.3. The Morgan fingerprint density at radius 1 is 0.900 bits per heavy atom. The van der Waals surface area contributed by atoms with Gasteiger partial charge in [-0.05, 0) is 34.2 Å². The Morgan fingerprint density at radius 3 is 2.35 bits per heavy atom. The standard InChI is InChI=1S/C16H10N2S2/c17-8-5-11-12(6-9-18)14-7-10-19-16(14)20-15-4-2-1-3-13(11)15/h1-4,7,10H,5-6H2. The Labute approximate surface area is 126 Å². The summed E-state index contributed by atoms with van der Waals surface area (Å²) in [6.45, 7) is 0. The summed E-state index contributed by atoms with van der Waals surface area (Å²) < 4.78 is 1.20. The van der Waals surface area contributed by atoms with Crippen LogP contribution in [0.3, 0.4) is 0 Å². The molecule has 2 aromatic rings. The van der Waals surface area contributed by atoms with Crippen molar-refractivity contribution in [1.82, 2.24) is 0 Å². The average molecular weight is 294 g/mol. The topological polar surface area (TPSA) is 47.6 Å². The molecule has 0 saturated heterocycles. The fraction of sp³-hybridized carbons (Fsp3) is 0.125. The third kappa shape index (κ3) is 2.14. The van der Waals surface area contributed by atoms with Crippen LogP contribution >= 0.6 is 23.1 Å². The quantitative estimate of drug-likeness (QED) is 0.787. The molecule has 0 bridgehead atoms. The van der Waals surface area contributed by atoms with E-state index >= 15 is 0 Å². The number of thiophene rings is 1. The molecule has 96 valence electrons. The molecule has 0 atom stereocenters. The van der Waals surface area contributed by atoms with E-state index in [9.17, 15) is 0 Å². The van der Waals surface area contributed by atoms with E-state index in [1.165, 1.54) is 4.21 Å². The summed E-state index contributed by atoms with van der Waals surface area (Å²) in [5.74, 6) is 0. The van der Waals surface area contributed by atoms with Gasteiger partial charge in [-0.25, -0.2) is 0 Å². The van der Waals surface area contributed by atoms with Crippen molar-refractivity contribution in [3.05, 3.63) is 46.8 Å². The molecule has 0 radical (unpaired) electrons. The van der Waals surface area contributed by atoms with Crippen LogP contribution in [-0.2, 0) is 0 Å². The Balaban J connectivity index is 2.32. The third-order valence-corrected chi connectivity index (χ3v) is 5.47. The molecule has 0 spiro atoms. The minimum absolute atomic E-state index is 0.337. The summed E-state index contributed by atoms with van der Waals surface area (Å²) in [7, 11) is 0. The van der Waals surface area contributed by atoms with E-state index in [0.717, 1.165) is 27.2 Å². The van der Waals surface area contributed by atoms with Crippen LogP contribution < -0.4 is 0 Å². The van der Waals surface area contributed by atoms with Crippen LogP contribution in [-0.4, -0.2) is 0 Å². The molecule has 0 aliphatic carbocycles. The van der Waals surface area contributed by atoms with E-state index in [0.29, 0.717) is 12.8 Å². The van der Waals surface area contributed by atoms with Crippen LogP contribution in [0, 0.1) is 22.7 Å². The Hall–Kier alpha value is -2.01. The van der Waals surface area contributed by atoms with Gasteiger partial charge in [0.1, 0.15) is 0 Å². The Morgan fingerprint density at radius 2 is 1.60 bits per heavy atom. The van der Waals surface area contributed by atoms with Gasteiger partial charge in [-0.3, -0.25) is 0 Å². The number of nitrogens with zero attached hydrogens (tertiary/aromatic N) is 2. The van der Waals surface area contributed by atoms with Crippen molar-refractivity contribution in [2.45, 2.75) is 21.9 Å². The van der Waals surface area contributed by atoms with Gasteiger partial charge in [-0.15, -0.1) is 11.3 Å². The summed E-state index contributed by atoms with van der Waals surface area (Å²) in [6, 6.07) is 14.7. The van der Waals surface area contributed by atoms with Crippen molar-refractivity contribution in [2.75, 3.05) is 0 Å². The first-order valence-electron chi connectivity index (χ1n) is 6.16. The molecule has 0 unspecified atom stereocenters. The highest BCUT2D eigenvalue weighted by Crippen LogP contribution is 2.47. The number of nitriles is 2. The maximum absolute atomic E-state index is 9.15. The lowest BCUT2D eigenvalue weighted by atomic mass is 9.92. The van der Waals surface area contributed by atoms with Gasteiger partial charge in [-0.2, -0.15) is 10.5 Å². The van der Waals surface area contributed by atoms with E-state index in [4.69, 9.17) is 10.5 Å².